The summed E-state index contributed by atoms with van der Waals surface area (Å²) in [6.45, 7) is 2.04. The number of alkyl halides is 1. The third kappa shape index (κ3) is 4.52. The first-order chi connectivity index (χ1) is 8.58. The molecule has 0 aliphatic rings. The number of allylic oxidation sites excluding steroid dienone is 1. The summed E-state index contributed by atoms with van der Waals surface area (Å²) in [5, 5.41) is 1.04. The van der Waals surface area contributed by atoms with Crippen LogP contribution in [0.2, 0.25) is 10.0 Å². The van der Waals surface area contributed by atoms with Gasteiger partial charge in [-0.25, -0.2) is 4.79 Å². The minimum absolute atomic E-state index is 0.301. The molecular weight excluding hydrogens is 343 g/mol. The number of benzene rings is 1. The first-order valence-corrected chi connectivity index (χ1v) is 7.01. The van der Waals surface area contributed by atoms with Gasteiger partial charge in [-0.3, -0.25) is 0 Å². The van der Waals surface area contributed by atoms with Crippen molar-refractivity contribution in [3.63, 3.8) is 0 Å². The van der Waals surface area contributed by atoms with E-state index < -0.39 is 5.97 Å². The van der Waals surface area contributed by atoms with Crippen LogP contribution in [0.25, 0.3) is 0 Å². The lowest BCUT2D eigenvalue weighted by Gasteiger charge is -2.09. The van der Waals surface area contributed by atoms with E-state index in [9.17, 15) is 4.79 Å². The molecule has 0 aromatic heterocycles. The molecule has 98 valence electrons. The molecule has 6 heteroatoms. The van der Waals surface area contributed by atoms with E-state index in [0.717, 1.165) is 0 Å². The fourth-order valence-corrected chi connectivity index (χ4v) is 1.72. The summed E-state index contributed by atoms with van der Waals surface area (Å²) < 4.78 is 10.3. The molecule has 0 heterocycles. The number of carbonyl (C=O) groups is 1. The number of ether oxygens (including phenoxy) is 2. The maximum Gasteiger partial charge on any atom is 0.334 e. The molecule has 0 unspecified atom stereocenters. The second-order valence-electron chi connectivity index (χ2n) is 3.15. The van der Waals surface area contributed by atoms with E-state index in [1.54, 1.807) is 25.1 Å². The Balaban J connectivity index is 2.86. The van der Waals surface area contributed by atoms with E-state index in [-0.39, 0.29) is 0 Å². The Hall–Kier alpha value is -0.710. The zero-order valence-electron chi connectivity index (χ0n) is 9.58. The summed E-state index contributed by atoms with van der Waals surface area (Å²) in [5.74, 6) is 0.307. The van der Waals surface area contributed by atoms with Crippen molar-refractivity contribution in [3.8, 4) is 5.75 Å². The highest BCUT2D eigenvalue weighted by Crippen LogP contribution is 2.32. The predicted molar refractivity (Wildman–Crippen MR) is 75.6 cm³/mol. The molecular formula is C12H11BrCl2O3. The van der Waals surface area contributed by atoms with Gasteiger partial charge in [0.2, 0.25) is 0 Å². The average molecular weight is 354 g/mol. The molecule has 1 aromatic carbocycles. The highest BCUT2D eigenvalue weighted by molar-refractivity contribution is 9.09. The van der Waals surface area contributed by atoms with Crippen molar-refractivity contribution in [1.82, 2.24) is 0 Å². The van der Waals surface area contributed by atoms with Crippen molar-refractivity contribution in [2.24, 2.45) is 0 Å². The summed E-state index contributed by atoms with van der Waals surface area (Å²) in [6.07, 6.45) is 1.26. The second kappa shape index (κ2) is 7.67. The number of esters is 1. The fraction of sp³-hybridized carbons (Fsp3) is 0.250. The standard InChI is InChI=1S/C12H11BrCl2O3/c1-2-17-11(16)6-8(7-13)18-10-5-3-4-9(14)12(10)15/h3-6H,2,7H2,1H3. The van der Waals surface area contributed by atoms with Crippen molar-refractivity contribution >= 4 is 45.1 Å². The molecule has 0 atom stereocenters. The smallest absolute Gasteiger partial charge is 0.334 e. The molecule has 0 saturated carbocycles. The van der Waals surface area contributed by atoms with Crippen LogP contribution in [-0.2, 0) is 9.53 Å². The minimum Gasteiger partial charge on any atom is -0.463 e. The lowest BCUT2D eigenvalue weighted by Crippen LogP contribution is -2.05. The summed E-state index contributed by atoms with van der Waals surface area (Å²) in [5.41, 5.74) is 0. The summed E-state index contributed by atoms with van der Waals surface area (Å²) in [7, 11) is 0. The Labute approximate surface area is 124 Å². The van der Waals surface area contributed by atoms with E-state index in [2.05, 4.69) is 15.9 Å². The molecule has 0 spiro atoms. The maximum absolute atomic E-state index is 11.3. The zero-order valence-corrected chi connectivity index (χ0v) is 12.7. The summed E-state index contributed by atoms with van der Waals surface area (Å²) in [6, 6.07) is 5.02. The van der Waals surface area contributed by atoms with Crippen LogP contribution in [0.15, 0.2) is 30.0 Å². The van der Waals surface area contributed by atoms with Crippen LogP contribution in [-0.4, -0.2) is 17.9 Å². The number of rotatable bonds is 5. The highest BCUT2D eigenvalue weighted by atomic mass is 79.9. The Bertz CT molecular complexity index is 461. The van der Waals surface area contributed by atoms with Gasteiger partial charge in [0, 0.05) is 0 Å². The molecule has 18 heavy (non-hydrogen) atoms. The van der Waals surface area contributed by atoms with Crippen LogP contribution in [0, 0.1) is 0 Å². The van der Waals surface area contributed by atoms with E-state index in [1.165, 1.54) is 6.08 Å². The molecule has 3 nitrogen and oxygen atoms in total. The van der Waals surface area contributed by atoms with Crippen molar-refractivity contribution in [2.45, 2.75) is 6.92 Å². The van der Waals surface area contributed by atoms with E-state index in [4.69, 9.17) is 32.7 Å². The van der Waals surface area contributed by atoms with Crippen LogP contribution in [0.1, 0.15) is 6.92 Å². The number of hydrogen-bond acceptors (Lipinski definition) is 3. The van der Waals surface area contributed by atoms with Gasteiger partial charge in [0.05, 0.1) is 23.0 Å². The van der Waals surface area contributed by atoms with E-state index in [0.29, 0.717) is 33.5 Å². The Kier molecular flexibility index (Phi) is 6.54. The van der Waals surface area contributed by atoms with Gasteiger partial charge in [-0.05, 0) is 19.1 Å². The van der Waals surface area contributed by atoms with E-state index in [1.807, 2.05) is 0 Å². The van der Waals surface area contributed by atoms with Crippen LogP contribution < -0.4 is 4.74 Å². The molecule has 0 aliphatic carbocycles. The van der Waals surface area contributed by atoms with Gasteiger partial charge in [-0.2, -0.15) is 0 Å². The van der Waals surface area contributed by atoms with Crippen LogP contribution in [0.4, 0.5) is 0 Å². The molecule has 0 fully saturated rings. The molecule has 1 aromatic rings. The number of halogens is 3. The monoisotopic (exact) mass is 352 g/mol. The largest absolute Gasteiger partial charge is 0.463 e. The van der Waals surface area contributed by atoms with Gasteiger partial charge in [0.1, 0.15) is 16.5 Å². The number of carbonyl (C=O) groups excluding carboxylic acids is 1. The zero-order chi connectivity index (χ0) is 13.5. The third-order valence-corrected chi connectivity index (χ3v) is 3.21. The van der Waals surface area contributed by atoms with Crippen molar-refractivity contribution < 1.29 is 14.3 Å². The lowest BCUT2D eigenvalue weighted by molar-refractivity contribution is -0.137. The molecule has 0 amide bonds. The predicted octanol–water partition coefficient (Wildman–Crippen LogP) is 4.21. The summed E-state index contributed by atoms with van der Waals surface area (Å²) in [4.78, 5) is 11.3. The van der Waals surface area contributed by atoms with Crippen molar-refractivity contribution in [3.05, 3.63) is 40.1 Å². The van der Waals surface area contributed by atoms with Crippen molar-refractivity contribution in [1.29, 1.82) is 0 Å². The van der Waals surface area contributed by atoms with Crippen molar-refractivity contribution in [2.75, 3.05) is 11.9 Å². The van der Waals surface area contributed by atoms with Gasteiger partial charge in [0.25, 0.3) is 0 Å². The van der Waals surface area contributed by atoms with Crippen LogP contribution in [0.3, 0.4) is 0 Å². The Morgan fingerprint density at radius 1 is 1.44 bits per heavy atom. The third-order valence-electron chi connectivity index (χ3n) is 1.85. The first kappa shape index (κ1) is 15.3. The fourth-order valence-electron chi connectivity index (χ4n) is 1.11. The average Bonchev–Trinajstić information content (AvgIpc) is 2.34. The van der Waals surface area contributed by atoms with Gasteiger partial charge >= 0.3 is 5.97 Å². The normalized spacial score (nSPS) is 11.2. The van der Waals surface area contributed by atoms with Crippen LogP contribution >= 0.6 is 39.1 Å². The maximum atomic E-state index is 11.3. The van der Waals surface area contributed by atoms with Gasteiger partial charge in [-0.15, -0.1) is 0 Å². The quantitative estimate of drug-likeness (QED) is 0.344. The second-order valence-corrected chi connectivity index (χ2v) is 4.50. The molecule has 0 radical (unpaired) electrons. The van der Waals surface area contributed by atoms with Crippen LogP contribution in [0.5, 0.6) is 5.75 Å². The van der Waals surface area contributed by atoms with E-state index >= 15 is 0 Å². The number of hydrogen-bond donors (Lipinski definition) is 0. The van der Waals surface area contributed by atoms with Gasteiger partial charge < -0.3 is 9.47 Å². The molecule has 0 aliphatic heterocycles. The first-order valence-electron chi connectivity index (χ1n) is 5.13. The summed E-state index contributed by atoms with van der Waals surface area (Å²) >= 11 is 15.1. The Morgan fingerprint density at radius 3 is 2.78 bits per heavy atom. The highest BCUT2D eigenvalue weighted by Gasteiger charge is 2.09. The van der Waals surface area contributed by atoms with Gasteiger partial charge in [-0.1, -0.05) is 45.2 Å². The SMILES string of the molecule is CCOC(=O)C=C(CBr)Oc1cccc(Cl)c1Cl. The molecule has 1 rings (SSSR count). The van der Waals surface area contributed by atoms with Gasteiger partial charge in [0.15, 0.2) is 0 Å². The topological polar surface area (TPSA) is 35.5 Å². The minimum atomic E-state index is -0.467. The Morgan fingerprint density at radius 2 is 2.17 bits per heavy atom. The lowest BCUT2D eigenvalue weighted by atomic mass is 10.3. The molecule has 0 bridgehead atoms. The molecule has 0 N–H and O–H groups in total. The molecule has 0 saturated heterocycles.